The Morgan fingerprint density at radius 2 is 1.05 bits per heavy atom. The number of nitrogen functional groups attached to an aromatic ring is 1. The van der Waals surface area contributed by atoms with Gasteiger partial charge in [-0.15, -0.1) is 0 Å². The molecule has 20 nitrogen and oxygen atoms in total. The van der Waals surface area contributed by atoms with Crippen molar-refractivity contribution in [2.24, 2.45) is 0 Å². The molecule has 0 aliphatic carbocycles. The minimum Gasteiger partial charge on any atom is -0.492 e. The number of hydrogen-bond donors (Lipinski definition) is 7. The first kappa shape index (κ1) is 72.5. The summed E-state index contributed by atoms with van der Waals surface area (Å²) in [5, 5.41) is 35.6. The van der Waals surface area contributed by atoms with Crippen LogP contribution in [0.25, 0.3) is 11.2 Å². The number of carboxylic acids is 1. The lowest BCUT2D eigenvalue weighted by molar-refractivity contribution is -0.511. The van der Waals surface area contributed by atoms with Crippen LogP contribution in [-0.4, -0.2) is 110 Å². The SMILES string of the molecule is CCCCCCCCCCCCCCCCCCN(CCCCCCCCCCCCCCCCCC)C(=O)CCC(=O)NCCOOOCCCNC(=O)CC[C@H](NC(=O)c1ccc(NCc2cnc3nc(N)nc(O)c3n2)cc1)C(=O)O. The van der Waals surface area contributed by atoms with Gasteiger partial charge >= 0.3 is 5.97 Å². The maximum absolute atomic E-state index is 13.5. The van der Waals surface area contributed by atoms with Crippen LogP contribution in [0, 0.1) is 0 Å². The van der Waals surface area contributed by atoms with Gasteiger partial charge in [0.1, 0.15) is 12.6 Å². The number of anilines is 2. The van der Waals surface area contributed by atoms with Gasteiger partial charge in [-0.05, 0) is 49.9 Å². The minimum absolute atomic E-state index is 0.0226. The molecule has 1 atom stereocenters. The van der Waals surface area contributed by atoms with E-state index in [-0.39, 0.29) is 98.9 Å². The van der Waals surface area contributed by atoms with Gasteiger partial charge in [-0.3, -0.25) is 19.2 Å². The Morgan fingerprint density at radius 1 is 0.571 bits per heavy atom. The van der Waals surface area contributed by atoms with Crippen LogP contribution >= 0.6 is 0 Å². The monoisotopic (exact) mass is 1180 g/mol. The van der Waals surface area contributed by atoms with Crippen molar-refractivity contribution in [3.05, 3.63) is 41.7 Å². The molecule has 20 heteroatoms. The highest BCUT2D eigenvalue weighted by Gasteiger charge is 2.22. The maximum atomic E-state index is 13.5. The highest BCUT2D eigenvalue weighted by Crippen LogP contribution is 2.20. The van der Waals surface area contributed by atoms with Gasteiger partial charge in [-0.25, -0.2) is 24.5 Å². The number of aromatic hydroxyl groups is 1. The summed E-state index contributed by atoms with van der Waals surface area (Å²) in [5.74, 6) is -3.00. The molecule has 0 aliphatic heterocycles. The number of amides is 4. The lowest BCUT2D eigenvalue weighted by Gasteiger charge is -2.23. The van der Waals surface area contributed by atoms with E-state index in [2.05, 4.69) is 55.1 Å². The maximum Gasteiger partial charge on any atom is 0.326 e. The third kappa shape index (κ3) is 36.2. The van der Waals surface area contributed by atoms with Crippen LogP contribution in [0.5, 0.6) is 5.88 Å². The Labute approximate surface area is 502 Å². The highest BCUT2D eigenvalue weighted by molar-refractivity contribution is 5.97. The summed E-state index contributed by atoms with van der Waals surface area (Å²) < 4.78 is 0. The molecule has 0 saturated heterocycles. The van der Waals surface area contributed by atoms with E-state index in [4.69, 9.17) is 20.5 Å². The van der Waals surface area contributed by atoms with Crippen LogP contribution in [0.4, 0.5) is 11.6 Å². The van der Waals surface area contributed by atoms with Crippen molar-refractivity contribution in [1.82, 2.24) is 40.8 Å². The number of aromatic nitrogens is 4. The standard InChI is InChI=1S/C64H108N10O10/c1-3-5-7-9-11-13-15-17-19-21-23-25-27-29-31-33-46-74(47-34-32-30-28-26-24-22-20-18-16-14-12-10-8-6-4-2)58(77)43-42-57(76)67-45-49-83-84-82-48-35-44-66-56(75)41-40-55(63(80)81)71-61(78)52-36-38-53(39-37-52)68-50-54-51-69-60-59(70-54)62(79)73-64(65)72-60/h36-39,51,55,68H,3-35,40-50H2,1-2H3,(H,66,75)(H,67,76)(H,71,78)(H,80,81)(H3,65,69,72,73,79)/t55-/m0/s1. The normalized spacial score (nSPS) is 11.6. The van der Waals surface area contributed by atoms with Crippen molar-refractivity contribution in [3.63, 3.8) is 0 Å². The minimum atomic E-state index is -1.30. The van der Waals surface area contributed by atoms with Crippen molar-refractivity contribution in [2.75, 3.05) is 50.4 Å². The third-order valence-electron chi connectivity index (χ3n) is 15.2. The smallest absolute Gasteiger partial charge is 0.326 e. The van der Waals surface area contributed by atoms with Gasteiger partial charge in [0.05, 0.1) is 25.0 Å². The summed E-state index contributed by atoms with van der Waals surface area (Å²) in [5.41, 5.74) is 7.14. The zero-order chi connectivity index (χ0) is 60.5. The van der Waals surface area contributed by atoms with Gasteiger partial charge in [0.15, 0.2) is 11.2 Å². The van der Waals surface area contributed by atoms with Gasteiger partial charge in [-0.1, -0.05) is 212 Å². The molecule has 0 saturated carbocycles. The number of carboxylic acid groups (broad SMARTS) is 1. The Hall–Kier alpha value is -5.73. The fourth-order valence-corrected chi connectivity index (χ4v) is 10.0. The number of nitrogens with one attached hydrogen (secondary N) is 4. The molecule has 0 radical (unpaired) electrons. The fourth-order valence-electron chi connectivity index (χ4n) is 10.0. The molecule has 2 heterocycles. The number of rotatable bonds is 55. The summed E-state index contributed by atoms with van der Waals surface area (Å²) in [7, 11) is 0. The third-order valence-corrected chi connectivity index (χ3v) is 15.2. The average molecular weight is 1180 g/mol. The molecule has 0 bridgehead atoms. The van der Waals surface area contributed by atoms with Crippen molar-refractivity contribution >= 4 is 52.4 Å². The first-order valence-electron chi connectivity index (χ1n) is 32.6. The zero-order valence-electron chi connectivity index (χ0n) is 51.6. The van der Waals surface area contributed by atoms with Crippen molar-refractivity contribution in [1.29, 1.82) is 0 Å². The molecule has 0 aliphatic rings. The number of nitrogens with two attached hydrogens (primary N) is 1. The van der Waals surface area contributed by atoms with E-state index in [9.17, 15) is 34.2 Å². The van der Waals surface area contributed by atoms with Gasteiger partial charge in [0.25, 0.3) is 5.91 Å². The van der Waals surface area contributed by atoms with E-state index >= 15 is 0 Å². The molecule has 8 N–H and O–H groups in total. The highest BCUT2D eigenvalue weighted by atomic mass is 17.5. The zero-order valence-corrected chi connectivity index (χ0v) is 51.6. The van der Waals surface area contributed by atoms with E-state index in [1.54, 1.807) is 12.1 Å². The van der Waals surface area contributed by atoms with Crippen LogP contribution in [0.3, 0.4) is 0 Å². The summed E-state index contributed by atoms with van der Waals surface area (Å²) in [6.45, 7) is 6.76. The number of aliphatic carboxylic acids is 1. The summed E-state index contributed by atoms with van der Waals surface area (Å²) in [6.07, 6.45) is 43.7. The Morgan fingerprint density at radius 3 is 1.56 bits per heavy atom. The average Bonchev–Trinajstić information content (AvgIpc) is 3.67. The number of benzene rings is 1. The quantitative estimate of drug-likeness (QED) is 0.0157. The first-order valence-corrected chi connectivity index (χ1v) is 32.6. The number of carbonyl (C=O) groups excluding carboxylic acids is 4. The van der Waals surface area contributed by atoms with Gasteiger partial charge < -0.3 is 42.1 Å². The summed E-state index contributed by atoms with van der Waals surface area (Å²) in [6, 6.07) is 5.01. The van der Waals surface area contributed by atoms with Crippen molar-refractivity contribution in [3.8, 4) is 5.88 Å². The van der Waals surface area contributed by atoms with E-state index in [0.29, 0.717) is 17.8 Å². The molecule has 0 unspecified atom stereocenters. The Kier molecular flexibility index (Phi) is 41.9. The largest absolute Gasteiger partial charge is 0.492 e. The van der Waals surface area contributed by atoms with E-state index in [1.807, 2.05) is 4.90 Å². The second-order valence-corrected chi connectivity index (χ2v) is 22.5. The molecule has 4 amide bonds. The predicted octanol–water partition coefficient (Wildman–Crippen LogP) is 12.9. The van der Waals surface area contributed by atoms with Crippen LogP contribution in [0.2, 0.25) is 0 Å². The molecular weight excluding hydrogens is 1070 g/mol. The number of nitrogens with zero attached hydrogens (tertiary/aromatic N) is 5. The van der Waals surface area contributed by atoms with E-state index in [0.717, 1.165) is 38.8 Å². The lowest BCUT2D eigenvalue weighted by Crippen LogP contribution is -2.41. The first-order chi connectivity index (χ1) is 41.0. The van der Waals surface area contributed by atoms with Crippen LogP contribution in [0.1, 0.15) is 267 Å². The molecule has 84 heavy (non-hydrogen) atoms. The summed E-state index contributed by atoms with van der Waals surface area (Å²) in [4.78, 5) is 91.6. The molecule has 3 rings (SSSR count). The fraction of sp³-hybridized carbons (Fsp3) is 0.734. The van der Waals surface area contributed by atoms with E-state index in [1.165, 1.54) is 198 Å². The van der Waals surface area contributed by atoms with Gasteiger partial charge in [0, 0.05) is 56.7 Å². The number of fused-ring (bicyclic) bond motifs is 1. The molecule has 474 valence electrons. The topological polar surface area (TPSA) is 282 Å². The van der Waals surface area contributed by atoms with Crippen molar-refractivity contribution < 1.29 is 49.0 Å². The van der Waals surface area contributed by atoms with Crippen LogP contribution in [0.15, 0.2) is 30.5 Å². The van der Waals surface area contributed by atoms with Gasteiger partial charge in [-0.2, -0.15) is 9.97 Å². The van der Waals surface area contributed by atoms with Crippen LogP contribution < -0.4 is 27.0 Å². The summed E-state index contributed by atoms with van der Waals surface area (Å²) >= 11 is 0. The molecule has 2 aromatic heterocycles. The molecule has 0 spiro atoms. The molecule has 1 aromatic carbocycles. The number of carbonyl (C=O) groups is 5. The molecule has 0 fully saturated rings. The number of unbranched alkanes of at least 4 members (excludes halogenated alkanes) is 30. The lowest BCUT2D eigenvalue weighted by atomic mass is 10.0. The molecule has 3 aromatic rings. The number of hydrogen-bond acceptors (Lipinski definition) is 15. The predicted molar refractivity (Wildman–Crippen MR) is 332 cm³/mol. The molecular formula is C64H108N10O10. The van der Waals surface area contributed by atoms with Gasteiger partial charge in [0.2, 0.25) is 29.5 Å². The second kappa shape index (κ2) is 48.5. The van der Waals surface area contributed by atoms with E-state index < -0.39 is 23.8 Å². The van der Waals surface area contributed by atoms with Crippen molar-refractivity contribution in [2.45, 2.75) is 264 Å². The Bertz CT molecular complexity index is 2190. The van der Waals surface area contributed by atoms with Crippen LogP contribution in [-0.2, 0) is 40.5 Å². The second-order valence-electron chi connectivity index (χ2n) is 22.5. The Balaban J connectivity index is 1.22.